The van der Waals surface area contributed by atoms with Crippen molar-refractivity contribution in [2.24, 2.45) is 0 Å². The SMILES string of the molecule is Cc1ccc(CNC2(CO)CC2)c(Br)c1. The summed E-state index contributed by atoms with van der Waals surface area (Å²) < 4.78 is 1.14. The van der Waals surface area contributed by atoms with Gasteiger partial charge in [0.05, 0.1) is 6.61 Å². The number of benzene rings is 1. The molecule has 1 saturated carbocycles. The molecule has 0 amide bonds. The number of aliphatic hydroxyl groups excluding tert-OH is 1. The first-order chi connectivity index (χ1) is 7.15. The van der Waals surface area contributed by atoms with E-state index in [-0.39, 0.29) is 12.1 Å². The third-order valence-electron chi connectivity index (χ3n) is 3.02. The van der Waals surface area contributed by atoms with Crippen molar-refractivity contribution < 1.29 is 5.11 Å². The topological polar surface area (TPSA) is 32.3 Å². The van der Waals surface area contributed by atoms with Crippen LogP contribution in [-0.2, 0) is 6.54 Å². The Hall–Kier alpha value is -0.380. The zero-order valence-corrected chi connectivity index (χ0v) is 10.5. The summed E-state index contributed by atoms with van der Waals surface area (Å²) in [6, 6.07) is 6.36. The lowest BCUT2D eigenvalue weighted by molar-refractivity contribution is 0.229. The first-order valence-corrected chi connectivity index (χ1v) is 6.05. The van der Waals surface area contributed by atoms with E-state index < -0.39 is 0 Å². The first-order valence-electron chi connectivity index (χ1n) is 5.26. The Morgan fingerprint density at radius 1 is 1.47 bits per heavy atom. The van der Waals surface area contributed by atoms with E-state index in [2.05, 4.69) is 46.4 Å². The summed E-state index contributed by atoms with van der Waals surface area (Å²) in [6.45, 7) is 3.15. The van der Waals surface area contributed by atoms with Gasteiger partial charge in [-0.05, 0) is 37.0 Å². The van der Waals surface area contributed by atoms with Crippen LogP contribution in [0.1, 0.15) is 24.0 Å². The van der Waals surface area contributed by atoms with Crippen LogP contribution in [0.25, 0.3) is 0 Å². The number of halogens is 1. The van der Waals surface area contributed by atoms with Gasteiger partial charge >= 0.3 is 0 Å². The molecule has 0 bridgehead atoms. The van der Waals surface area contributed by atoms with Gasteiger partial charge in [0.2, 0.25) is 0 Å². The van der Waals surface area contributed by atoms with Gasteiger partial charge in [0.1, 0.15) is 0 Å². The summed E-state index contributed by atoms with van der Waals surface area (Å²) in [4.78, 5) is 0. The molecule has 1 aliphatic carbocycles. The van der Waals surface area contributed by atoms with E-state index in [4.69, 9.17) is 0 Å². The summed E-state index contributed by atoms with van der Waals surface area (Å²) >= 11 is 3.55. The van der Waals surface area contributed by atoms with Gasteiger partial charge in [-0.3, -0.25) is 0 Å². The van der Waals surface area contributed by atoms with E-state index in [1.165, 1.54) is 11.1 Å². The maximum absolute atomic E-state index is 9.17. The largest absolute Gasteiger partial charge is 0.394 e. The fraction of sp³-hybridized carbons (Fsp3) is 0.500. The molecule has 0 saturated heterocycles. The molecule has 0 aliphatic heterocycles. The van der Waals surface area contributed by atoms with Crippen LogP contribution in [0.15, 0.2) is 22.7 Å². The molecule has 0 spiro atoms. The highest BCUT2D eigenvalue weighted by atomic mass is 79.9. The van der Waals surface area contributed by atoms with Crippen LogP contribution in [0.5, 0.6) is 0 Å². The maximum atomic E-state index is 9.17. The Kier molecular flexibility index (Phi) is 3.14. The minimum Gasteiger partial charge on any atom is -0.394 e. The third kappa shape index (κ3) is 2.60. The monoisotopic (exact) mass is 269 g/mol. The van der Waals surface area contributed by atoms with Crippen molar-refractivity contribution >= 4 is 15.9 Å². The highest BCUT2D eigenvalue weighted by Crippen LogP contribution is 2.35. The van der Waals surface area contributed by atoms with E-state index in [1.54, 1.807) is 0 Å². The second-order valence-corrected chi connectivity index (χ2v) is 5.24. The number of aryl methyl sites for hydroxylation is 1. The minimum atomic E-state index is 0.0182. The quantitative estimate of drug-likeness (QED) is 0.880. The number of aliphatic hydroxyl groups is 1. The van der Waals surface area contributed by atoms with Gasteiger partial charge in [0.25, 0.3) is 0 Å². The van der Waals surface area contributed by atoms with Crippen molar-refractivity contribution in [3.63, 3.8) is 0 Å². The number of nitrogens with one attached hydrogen (secondary N) is 1. The van der Waals surface area contributed by atoms with Crippen LogP contribution >= 0.6 is 15.9 Å². The molecule has 2 nitrogen and oxygen atoms in total. The lowest BCUT2D eigenvalue weighted by Crippen LogP contribution is -2.34. The molecule has 3 heteroatoms. The van der Waals surface area contributed by atoms with E-state index in [9.17, 15) is 5.11 Å². The highest BCUT2D eigenvalue weighted by Gasteiger charge is 2.41. The Balaban J connectivity index is 1.99. The van der Waals surface area contributed by atoms with Crippen molar-refractivity contribution in [2.75, 3.05) is 6.61 Å². The fourth-order valence-electron chi connectivity index (χ4n) is 1.62. The average molecular weight is 270 g/mol. The van der Waals surface area contributed by atoms with Gasteiger partial charge in [-0.2, -0.15) is 0 Å². The molecular formula is C12H16BrNO. The second-order valence-electron chi connectivity index (χ2n) is 4.39. The van der Waals surface area contributed by atoms with E-state index in [0.717, 1.165) is 23.9 Å². The molecule has 0 atom stereocenters. The minimum absolute atomic E-state index is 0.0182. The predicted molar refractivity (Wildman–Crippen MR) is 64.8 cm³/mol. The second kappa shape index (κ2) is 4.24. The summed E-state index contributed by atoms with van der Waals surface area (Å²) in [7, 11) is 0. The van der Waals surface area contributed by atoms with Crippen molar-refractivity contribution in [2.45, 2.75) is 31.8 Å². The predicted octanol–water partition coefficient (Wildman–Crippen LogP) is 2.37. The van der Waals surface area contributed by atoms with Crippen LogP contribution in [0.4, 0.5) is 0 Å². The molecule has 2 rings (SSSR count). The molecule has 82 valence electrons. The lowest BCUT2D eigenvalue weighted by Gasteiger charge is -2.15. The zero-order chi connectivity index (χ0) is 10.9. The molecule has 15 heavy (non-hydrogen) atoms. The number of hydrogen-bond donors (Lipinski definition) is 2. The molecule has 0 unspecified atom stereocenters. The summed E-state index contributed by atoms with van der Waals surface area (Å²) in [5.74, 6) is 0. The van der Waals surface area contributed by atoms with Crippen molar-refractivity contribution in [3.8, 4) is 0 Å². The Morgan fingerprint density at radius 2 is 2.20 bits per heavy atom. The van der Waals surface area contributed by atoms with Crippen molar-refractivity contribution in [1.82, 2.24) is 5.32 Å². The standard InChI is InChI=1S/C12H16BrNO/c1-9-2-3-10(11(13)6-9)7-14-12(8-15)4-5-12/h2-3,6,14-15H,4-5,7-8H2,1H3. The van der Waals surface area contributed by atoms with E-state index >= 15 is 0 Å². The van der Waals surface area contributed by atoms with Crippen LogP contribution < -0.4 is 5.32 Å². The van der Waals surface area contributed by atoms with Crippen LogP contribution in [0.2, 0.25) is 0 Å². The molecule has 1 aromatic carbocycles. The molecule has 0 aromatic heterocycles. The third-order valence-corrected chi connectivity index (χ3v) is 3.76. The van der Waals surface area contributed by atoms with Crippen LogP contribution in [-0.4, -0.2) is 17.3 Å². The van der Waals surface area contributed by atoms with Gasteiger partial charge in [-0.15, -0.1) is 0 Å². The van der Waals surface area contributed by atoms with Crippen LogP contribution in [0.3, 0.4) is 0 Å². The van der Waals surface area contributed by atoms with Crippen LogP contribution in [0, 0.1) is 6.92 Å². The van der Waals surface area contributed by atoms with E-state index in [0.29, 0.717) is 0 Å². The van der Waals surface area contributed by atoms with Gasteiger partial charge in [-0.25, -0.2) is 0 Å². The Labute approximate surface area is 98.8 Å². The van der Waals surface area contributed by atoms with Gasteiger partial charge in [-0.1, -0.05) is 28.1 Å². The van der Waals surface area contributed by atoms with Crippen molar-refractivity contribution in [1.29, 1.82) is 0 Å². The van der Waals surface area contributed by atoms with Crippen molar-refractivity contribution in [3.05, 3.63) is 33.8 Å². The average Bonchev–Trinajstić information content (AvgIpc) is 2.97. The summed E-state index contributed by atoms with van der Waals surface area (Å²) in [5, 5.41) is 12.6. The Bertz CT molecular complexity index is 361. The maximum Gasteiger partial charge on any atom is 0.0613 e. The number of rotatable bonds is 4. The smallest absolute Gasteiger partial charge is 0.0613 e. The summed E-state index contributed by atoms with van der Waals surface area (Å²) in [6.07, 6.45) is 2.18. The molecule has 0 radical (unpaired) electrons. The molecule has 2 N–H and O–H groups in total. The first kappa shape index (κ1) is 11.1. The highest BCUT2D eigenvalue weighted by molar-refractivity contribution is 9.10. The summed E-state index contributed by atoms with van der Waals surface area (Å²) in [5.41, 5.74) is 2.53. The Morgan fingerprint density at radius 3 is 2.73 bits per heavy atom. The fourth-order valence-corrected chi connectivity index (χ4v) is 2.25. The van der Waals surface area contributed by atoms with E-state index in [1.807, 2.05) is 0 Å². The molecule has 1 aliphatic rings. The molecule has 0 heterocycles. The number of hydrogen-bond acceptors (Lipinski definition) is 2. The molecular weight excluding hydrogens is 254 g/mol. The zero-order valence-electron chi connectivity index (χ0n) is 8.89. The molecule has 1 fully saturated rings. The van der Waals surface area contributed by atoms with Gasteiger partial charge in [0, 0.05) is 16.6 Å². The van der Waals surface area contributed by atoms with Gasteiger partial charge < -0.3 is 10.4 Å². The van der Waals surface area contributed by atoms with Gasteiger partial charge in [0.15, 0.2) is 0 Å². The molecule has 1 aromatic rings. The lowest BCUT2D eigenvalue weighted by atomic mass is 10.1. The normalized spacial score (nSPS) is 17.8.